The minimum atomic E-state index is -0.0538. The number of carbonyl (C=O) groups excluding carboxylic acids is 1. The van der Waals surface area contributed by atoms with Crippen LogP contribution < -0.4 is 14.4 Å². The Kier molecular flexibility index (Phi) is 5.87. The molecule has 0 spiro atoms. The average Bonchev–Trinajstić information content (AvgIpc) is 3.49. The average molecular weight is 453 g/mol. The van der Waals surface area contributed by atoms with Gasteiger partial charge in [0.25, 0.3) is 0 Å². The van der Waals surface area contributed by atoms with Crippen LogP contribution in [0, 0.1) is 0 Å². The second kappa shape index (κ2) is 9.27. The maximum Gasteiger partial charge on any atom is 0.195 e. The lowest BCUT2D eigenvalue weighted by atomic mass is 9.96. The van der Waals surface area contributed by atoms with Gasteiger partial charge in [-0.3, -0.25) is 9.78 Å². The van der Waals surface area contributed by atoms with Gasteiger partial charge < -0.3 is 18.8 Å². The standard InChI is InChI=1S/C28H24N2O4/c1-30(2)21-8-10-22(11-9-21)33-15-16-34-24-7-3-6-23-27(24)25(20-12-14-32-18-20)26(28(23)31)19-5-4-13-29-17-19/h3-14,17-18H,15-16H2,1-2H3. The molecule has 0 fully saturated rings. The minimum absolute atomic E-state index is 0.0538. The number of ketones is 1. The van der Waals surface area contributed by atoms with Crippen LogP contribution in [0.2, 0.25) is 0 Å². The number of aromatic nitrogens is 1. The van der Waals surface area contributed by atoms with E-state index in [2.05, 4.69) is 4.98 Å². The van der Waals surface area contributed by atoms with Crippen molar-refractivity contribution in [2.75, 3.05) is 32.2 Å². The minimum Gasteiger partial charge on any atom is -0.490 e. The Morgan fingerprint density at radius 3 is 2.41 bits per heavy atom. The summed E-state index contributed by atoms with van der Waals surface area (Å²) in [6.45, 7) is 0.708. The summed E-state index contributed by atoms with van der Waals surface area (Å²) in [5.41, 5.74) is 5.44. The van der Waals surface area contributed by atoms with Crippen LogP contribution in [0.4, 0.5) is 5.69 Å². The lowest BCUT2D eigenvalue weighted by molar-refractivity contribution is 0.105. The molecule has 0 saturated heterocycles. The summed E-state index contributed by atoms with van der Waals surface area (Å²) in [5, 5.41) is 0. The van der Waals surface area contributed by atoms with E-state index in [0.29, 0.717) is 30.1 Å². The number of nitrogens with zero attached hydrogens (tertiary/aromatic N) is 2. The molecule has 0 radical (unpaired) electrons. The molecule has 0 N–H and O–H groups in total. The van der Waals surface area contributed by atoms with Gasteiger partial charge in [-0.2, -0.15) is 0 Å². The van der Waals surface area contributed by atoms with Gasteiger partial charge in [-0.05, 0) is 42.5 Å². The molecule has 2 aromatic heterocycles. The fourth-order valence-electron chi connectivity index (χ4n) is 4.10. The molecule has 0 amide bonds. The lowest BCUT2D eigenvalue weighted by Crippen LogP contribution is -2.11. The van der Waals surface area contributed by atoms with Crippen molar-refractivity contribution in [3.8, 4) is 11.5 Å². The molecule has 0 unspecified atom stereocenters. The summed E-state index contributed by atoms with van der Waals surface area (Å²) in [4.78, 5) is 19.7. The molecule has 170 valence electrons. The van der Waals surface area contributed by atoms with Crippen LogP contribution in [0.15, 0.2) is 90.0 Å². The molecule has 0 saturated carbocycles. The molecule has 2 aromatic carbocycles. The normalized spacial score (nSPS) is 12.6. The van der Waals surface area contributed by atoms with Crippen molar-refractivity contribution < 1.29 is 18.7 Å². The van der Waals surface area contributed by atoms with Crippen molar-refractivity contribution in [1.29, 1.82) is 0 Å². The summed E-state index contributed by atoms with van der Waals surface area (Å²) in [5.74, 6) is 1.36. The Hall–Kier alpha value is -4.32. The molecule has 4 aromatic rings. The zero-order valence-electron chi connectivity index (χ0n) is 19.0. The van der Waals surface area contributed by atoms with E-state index in [1.807, 2.05) is 79.7 Å². The Morgan fingerprint density at radius 1 is 0.882 bits per heavy atom. The van der Waals surface area contributed by atoms with Crippen molar-refractivity contribution >= 4 is 22.6 Å². The number of rotatable bonds is 8. The third-order valence-electron chi connectivity index (χ3n) is 5.72. The Labute approximate surface area is 198 Å². The highest BCUT2D eigenvalue weighted by Crippen LogP contribution is 2.46. The van der Waals surface area contributed by atoms with Gasteiger partial charge in [-0.1, -0.05) is 18.2 Å². The molecular formula is C28H24N2O4. The largest absolute Gasteiger partial charge is 0.490 e. The first-order chi connectivity index (χ1) is 16.6. The molecule has 1 aliphatic carbocycles. The second-order valence-electron chi connectivity index (χ2n) is 8.10. The number of hydrogen-bond acceptors (Lipinski definition) is 6. The fourth-order valence-corrected chi connectivity index (χ4v) is 4.10. The number of carbonyl (C=O) groups is 1. The van der Waals surface area contributed by atoms with Gasteiger partial charge in [0.15, 0.2) is 5.78 Å². The highest BCUT2D eigenvalue weighted by Gasteiger charge is 2.34. The highest BCUT2D eigenvalue weighted by atomic mass is 16.5. The van der Waals surface area contributed by atoms with Crippen molar-refractivity contribution in [2.45, 2.75) is 0 Å². The molecule has 5 rings (SSSR count). The maximum atomic E-state index is 13.4. The van der Waals surface area contributed by atoms with E-state index in [1.54, 1.807) is 24.9 Å². The monoisotopic (exact) mass is 452 g/mol. The molecule has 6 heteroatoms. The van der Waals surface area contributed by atoms with E-state index in [9.17, 15) is 4.79 Å². The number of ether oxygens (including phenoxy) is 2. The Morgan fingerprint density at radius 2 is 1.71 bits per heavy atom. The first kappa shape index (κ1) is 21.5. The molecule has 0 aliphatic heterocycles. The zero-order valence-corrected chi connectivity index (χ0v) is 19.0. The fraction of sp³-hybridized carbons (Fsp3) is 0.143. The van der Waals surface area contributed by atoms with Crippen LogP contribution in [0.5, 0.6) is 11.5 Å². The van der Waals surface area contributed by atoms with Gasteiger partial charge in [0.05, 0.1) is 12.5 Å². The predicted molar refractivity (Wildman–Crippen MR) is 131 cm³/mol. The smallest absolute Gasteiger partial charge is 0.195 e. The quantitative estimate of drug-likeness (QED) is 0.336. The molecule has 2 heterocycles. The Balaban J connectivity index is 1.40. The maximum absolute atomic E-state index is 13.4. The number of allylic oxidation sites excluding steroid dienone is 1. The summed E-state index contributed by atoms with van der Waals surface area (Å²) < 4.78 is 17.3. The summed E-state index contributed by atoms with van der Waals surface area (Å²) in [7, 11) is 4.00. The number of benzene rings is 2. The van der Waals surface area contributed by atoms with E-state index >= 15 is 0 Å². The SMILES string of the molecule is CN(C)c1ccc(OCCOc2cccc3c2C(c2ccoc2)=C(c2cccnc2)C3=O)cc1. The number of hydrogen-bond donors (Lipinski definition) is 0. The van der Waals surface area contributed by atoms with E-state index in [4.69, 9.17) is 13.9 Å². The third kappa shape index (κ3) is 4.06. The number of fused-ring (bicyclic) bond motifs is 1. The molecule has 1 aliphatic rings. The molecule has 0 atom stereocenters. The van der Waals surface area contributed by atoms with Crippen LogP contribution in [-0.2, 0) is 0 Å². The lowest BCUT2D eigenvalue weighted by Gasteiger charge is -2.14. The van der Waals surface area contributed by atoms with E-state index < -0.39 is 0 Å². The first-order valence-corrected chi connectivity index (χ1v) is 11.0. The van der Waals surface area contributed by atoms with Gasteiger partial charge in [0.1, 0.15) is 24.7 Å². The number of furan rings is 1. The highest BCUT2D eigenvalue weighted by molar-refractivity contribution is 6.41. The number of pyridine rings is 1. The van der Waals surface area contributed by atoms with Crippen molar-refractivity contribution in [3.63, 3.8) is 0 Å². The van der Waals surface area contributed by atoms with Crippen LogP contribution >= 0.6 is 0 Å². The van der Waals surface area contributed by atoms with E-state index in [1.165, 1.54) is 0 Å². The molecule has 6 nitrogen and oxygen atoms in total. The number of Topliss-reactive ketones (excluding diaryl/α,β-unsaturated/α-hetero) is 1. The van der Waals surface area contributed by atoms with Crippen molar-refractivity contribution in [1.82, 2.24) is 4.98 Å². The molecule has 34 heavy (non-hydrogen) atoms. The van der Waals surface area contributed by atoms with Crippen LogP contribution in [0.25, 0.3) is 11.1 Å². The van der Waals surface area contributed by atoms with Gasteiger partial charge in [0.2, 0.25) is 0 Å². The molecular weight excluding hydrogens is 428 g/mol. The van der Waals surface area contributed by atoms with Gasteiger partial charge >= 0.3 is 0 Å². The summed E-state index contributed by atoms with van der Waals surface area (Å²) in [6.07, 6.45) is 6.64. The van der Waals surface area contributed by atoms with Gasteiger partial charge in [0, 0.05) is 65.6 Å². The Bertz CT molecular complexity index is 1320. The predicted octanol–water partition coefficient (Wildman–Crippen LogP) is 5.35. The van der Waals surface area contributed by atoms with Crippen molar-refractivity contribution in [3.05, 3.63) is 108 Å². The van der Waals surface area contributed by atoms with Crippen molar-refractivity contribution in [2.24, 2.45) is 0 Å². The van der Waals surface area contributed by atoms with Gasteiger partial charge in [-0.15, -0.1) is 0 Å². The number of anilines is 1. The van der Waals surface area contributed by atoms with E-state index in [0.717, 1.165) is 33.7 Å². The molecule has 0 bridgehead atoms. The van der Waals surface area contributed by atoms with Crippen LogP contribution in [-0.4, -0.2) is 38.1 Å². The van der Waals surface area contributed by atoms with Crippen LogP contribution in [0.1, 0.15) is 27.0 Å². The van der Waals surface area contributed by atoms with Crippen LogP contribution in [0.3, 0.4) is 0 Å². The topological polar surface area (TPSA) is 64.8 Å². The summed E-state index contributed by atoms with van der Waals surface area (Å²) in [6, 6.07) is 19.0. The first-order valence-electron chi connectivity index (χ1n) is 11.0. The van der Waals surface area contributed by atoms with Gasteiger partial charge in [-0.25, -0.2) is 0 Å². The summed E-state index contributed by atoms with van der Waals surface area (Å²) >= 11 is 0. The second-order valence-corrected chi connectivity index (χ2v) is 8.10. The zero-order chi connectivity index (χ0) is 23.5. The third-order valence-corrected chi connectivity index (χ3v) is 5.72. The van der Waals surface area contributed by atoms with E-state index in [-0.39, 0.29) is 5.78 Å².